The molecule has 0 radical (unpaired) electrons. The molecule has 1 heteroatoms. The van der Waals surface area contributed by atoms with Crippen LogP contribution in [0.25, 0.3) is 55.6 Å². The van der Waals surface area contributed by atoms with Gasteiger partial charge in [-0.1, -0.05) is 236 Å². The van der Waals surface area contributed by atoms with Crippen LogP contribution >= 0.6 is 0 Å². The summed E-state index contributed by atoms with van der Waals surface area (Å²) in [6, 6.07) is 61.1. The van der Waals surface area contributed by atoms with E-state index in [4.69, 9.17) is 4.74 Å². The van der Waals surface area contributed by atoms with Crippen molar-refractivity contribution in [1.82, 2.24) is 0 Å². The highest BCUT2D eigenvalue weighted by molar-refractivity contribution is 5.86. The number of benzene rings is 7. The smallest absolute Gasteiger partial charge is 0.119 e. The molecule has 62 heavy (non-hydrogen) atoms. The van der Waals surface area contributed by atoms with E-state index in [1.807, 2.05) is 6.07 Å². The van der Waals surface area contributed by atoms with E-state index >= 15 is 0 Å². The molecule has 0 fully saturated rings. The van der Waals surface area contributed by atoms with Gasteiger partial charge in [0.05, 0.1) is 0 Å². The molecule has 8 rings (SSSR count). The number of aryl methyl sites for hydroxylation is 1. The van der Waals surface area contributed by atoms with Crippen LogP contribution in [0.2, 0.25) is 0 Å². The third-order valence-corrected chi connectivity index (χ3v) is 13.5. The Morgan fingerprint density at radius 1 is 0.371 bits per heavy atom. The predicted octanol–water partition coefficient (Wildman–Crippen LogP) is 18.0. The SMILES string of the molecule is CCCCCCCCC1(CCCCCCCC)c2cc(-c3ccc(-c4ccc(C)cc4)cc3)ccc2-c2ccc(-c3ccc(-c4ccc(OCc5ccccc5)cc4)cc3)cc21. The molecule has 0 heterocycles. The van der Waals surface area contributed by atoms with E-state index in [0.29, 0.717) is 6.61 Å². The van der Waals surface area contributed by atoms with Gasteiger partial charge in [-0.2, -0.15) is 0 Å². The quantitative estimate of drug-likeness (QED) is 0.0657. The van der Waals surface area contributed by atoms with Gasteiger partial charge in [0.2, 0.25) is 0 Å². The van der Waals surface area contributed by atoms with Gasteiger partial charge in [0.15, 0.2) is 0 Å². The zero-order valence-corrected chi connectivity index (χ0v) is 37.6. The Balaban J connectivity index is 1.10. The molecule has 0 saturated heterocycles. The number of rotatable bonds is 21. The number of ether oxygens (including phenoxy) is 1. The van der Waals surface area contributed by atoms with Gasteiger partial charge < -0.3 is 4.74 Å². The van der Waals surface area contributed by atoms with Crippen molar-refractivity contribution in [2.75, 3.05) is 0 Å². The molecule has 0 aromatic heterocycles. The van der Waals surface area contributed by atoms with Crippen LogP contribution < -0.4 is 4.74 Å². The second-order valence-electron chi connectivity index (χ2n) is 18.0. The van der Waals surface area contributed by atoms with Crippen molar-refractivity contribution < 1.29 is 4.74 Å². The zero-order valence-electron chi connectivity index (χ0n) is 37.6. The highest BCUT2D eigenvalue weighted by Crippen LogP contribution is 2.56. The Morgan fingerprint density at radius 3 is 1.19 bits per heavy atom. The lowest BCUT2D eigenvalue weighted by molar-refractivity contribution is 0.306. The predicted molar refractivity (Wildman–Crippen MR) is 266 cm³/mol. The molecular formula is C61H66O. The highest BCUT2D eigenvalue weighted by atomic mass is 16.5. The Morgan fingerprint density at radius 2 is 0.742 bits per heavy atom. The largest absolute Gasteiger partial charge is 0.489 e. The summed E-state index contributed by atoms with van der Waals surface area (Å²) in [4.78, 5) is 0. The molecule has 0 saturated carbocycles. The fraction of sp³-hybridized carbons (Fsp3) is 0.311. The fourth-order valence-corrected chi connectivity index (χ4v) is 9.87. The van der Waals surface area contributed by atoms with Crippen LogP contribution in [0.4, 0.5) is 0 Å². The van der Waals surface area contributed by atoms with Crippen LogP contribution in [0.5, 0.6) is 5.75 Å². The van der Waals surface area contributed by atoms with Gasteiger partial charge in [-0.15, -0.1) is 0 Å². The average molecular weight is 815 g/mol. The summed E-state index contributed by atoms with van der Waals surface area (Å²) >= 11 is 0. The van der Waals surface area contributed by atoms with E-state index in [1.165, 1.54) is 157 Å². The standard InChI is InChI=1S/C61H66O/c1-4-6-8-10-12-17-41-61(42-18-13-11-9-7-5-2)59-43-54(52-29-25-49(26-30-52)48-23-21-46(3)22-24-48)35-39-57(59)58-40-36-55(44-60(58)61)53-31-27-50(28-32-53)51-33-37-56(38-34-51)62-45-47-19-15-14-16-20-47/h14-16,19-40,43-44H,4-13,17-18,41-42,45H2,1-3H3. The summed E-state index contributed by atoms with van der Waals surface area (Å²) in [5.74, 6) is 0.891. The molecule has 0 spiro atoms. The second kappa shape index (κ2) is 20.9. The van der Waals surface area contributed by atoms with E-state index in [1.54, 1.807) is 11.1 Å². The summed E-state index contributed by atoms with van der Waals surface area (Å²) in [7, 11) is 0. The first-order valence-electron chi connectivity index (χ1n) is 23.9. The molecule has 316 valence electrons. The molecule has 1 aliphatic rings. The maximum atomic E-state index is 6.08. The van der Waals surface area contributed by atoms with Gasteiger partial charge in [-0.05, 0) is 116 Å². The molecule has 0 aliphatic heterocycles. The minimum absolute atomic E-state index is 0.00168. The van der Waals surface area contributed by atoms with Crippen molar-refractivity contribution in [2.45, 2.75) is 123 Å². The van der Waals surface area contributed by atoms with Crippen molar-refractivity contribution in [3.63, 3.8) is 0 Å². The zero-order chi connectivity index (χ0) is 42.6. The van der Waals surface area contributed by atoms with Crippen molar-refractivity contribution in [3.05, 3.63) is 186 Å². The third-order valence-electron chi connectivity index (χ3n) is 13.5. The number of hydrogen-bond donors (Lipinski definition) is 0. The average Bonchev–Trinajstić information content (AvgIpc) is 3.59. The van der Waals surface area contributed by atoms with Crippen molar-refractivity contribution >= 4 is 0 Å². The number of unbranched alkanes of at least 4 members (excludes halogenated alkanes) is 10. The van der Waals surface area contributed by atoms with Gasteiger partial charge in [0, 0.05) is 5.41 Å². The summed E-state index contributed by atoms with van der Waals surface area (Å²) < 4.78 is 6.08. The van der Waals surface area contributed by atoms with Gasteiger partial charge in [0.1, 0.15) is 12.4 Å². The first kappa shape index (κ1) is 43.0. The molecule has 1 aliphatic carbocycles. The van der Waals surface area contributed by atoms with Gasteiger partial charge >= 0.3 is 0 Å². The Bertz CT molecular complexity index is 2440. The van der Waals surface area contributed by atoms with Gasteiger partial charge in [-0.25, -0.2) is 0 Å². The molecule has 0 bridgehead atoms. The van der Waals surface area contributed by atoms with Gasteiger partial charge in [-0.3, -0.25) is 0 Å². The molecule has 0 unspecified atom stereocenters. The first-order valence-corrected chi connectivity index (χ1v) is 23.9. The summed E-state index contributed by atoms with van der Waals surface area (Å²) in [6.45, 7) is 7.37. The van der Waals surface area contributed by atoms with E-state index in [9.17, 15) is 0 Å². The molecule has 1 nitrogen and oxygen atoms in total. The molecular weight excluding hydrogens is 749 g/mol. The Hall–Kier alpha value is -5.66. The minimum Gasteiger partial charge on any atom is -0.489 e. The molecule has 7 aromatic rings. The lowest BCUT2D eigenvalue weighted by Crippen LogP contribution is -2.25. The van der Waals surface area contributed by atoms with Crippen LogP contribution in [-0.2, 0) is 12.0 Å². The molecule has 7 aromatic carbocycles. The fourth-order valence-electron chi connectivity index (χ4n) is 9.87. The maximum Gasteiger partial charge on any atom is 0.119 e. The Labute approximate surface area is 373 Å². The summed E-state index contributed by atoms with van der Waals surface area (Å²) in [5, 5.41) is 0. The van der Waals surface area contributed by atoms with Gasteiger partial charge in [0.25, 0.3) is 0 Å². The van der Waals surface area contributed by atoms with Crippen LogP contribution in [-0.4, -0.2) is 0 Å². The molecule has 0 amide bonds. The Kier molecular flexibility index (Phi) is 14.5. The maximum absolute atomic E-state index is 6.08. The number of fused-ring (bicyclic) bond motifs is 3. The highest BCUT2D eigenvalue weighted by Gasteiger charge is 2.42. The van der Waals surface area contributed by atoms with E-state index in [0.717, 1.165) is 5.75 Å². The minimum atomic E-state index is -0.00168. The number of hydrogen-bond acceptors (Lipinski definition) is 1. The molecule has 0 atom stereocenters. The van der Waals surface area contributed by atoms with Crippen molar-refractivity contribution in [2.24, 2.45) is 0 Å². The van der Waals surface area contributed by atoms with Crippen LogP contribution in [0.1, 0.15) is 126 Å². The second-order valence-corrected chi connectivity index (χ2v) is 18.0. The van der Waals surface area contributed by atoms with Crippen LogP contribution in [0, 0.1) is 6.92 Å². The van der Waals surface area contributed by atoms with Crippen molar-refractivity contribution in [3.8, 4) is 61.4 Å². The van der Waals surface area contributed by atoms with Crippen molar-refractivity contribution in [1.29, 1.82) is 0 Å². The summed E-state index contributed by atoms with van der Waals surface area (Å²) in [5.41, 5.74) is 18.6. The monoisotopic (exact) mass is 815 g/mol. The first-order chi connectivity index (χ1) is 30.5. The lowest BCUT2D eigenvalue weighted by Gasteiger charge is -2.33. The van der Waals surface area contributed by atoms with Crippen LogP contribution in [0.3, 0.4) is 0 Å². The normalized spacial score (nSPS) is 12.6. The summed E-state index contributed by atoms with van der Waals surface area (Å²) in [6.07, 6.45) is 18.2. The van der Waals surface area contributed by atoms with E-state index < -0.39 is 0 Å². The third kappa shape index (κ3) is 10.2. The van der Waals surface area contributed by atoms with E-state index in [2.05, 4.69) is 178 Å². The topological polar surface area (TPSA) is 9.23 Å². The lowest BCUT2D eigenvalue weighted by atomic mass is 9.70. The van der Waals surface area contributed by atoms with E-state index in [-0.39, 0.29) is 5.41 Å². The van der Waals surface area contributed by atoms with Crippen LogP contribution in [0.15, 0.2) is 164 Å². The molecule has 0 N–H and O–H groups in total.